The Labute approximate surface area is 81.2 Å². The summed E-state index contributed by atoms with van der Waals surface area (Å²) in [6.07, 6.45) is 3.33. The molecule has 2 N–H and O–H groups in total. The molecule has 0 aliphatic carbocycles. The van der Waals surface area contributed by atoms with Crippen molar-refractivity contribution in [2.24, 2.45) is 11.7 Å². The third kappa shape index (κ3) is 6.52. The fraction of sp³-hybridized carbons (Fsp3) is 0.727. The predicted octanol–water partition coefficient (Wildman–Crippen LogP) is 2.29. The van der Waals surface area contributed by atoms with E-state index < -0.39 is 0 Å². The van der Waals surface area contributed by atoms with Crippen LogP contribution in [0.25, 0.3) is 0 Å². The Morgan fingerprint density at radius 1 is 1.46 bits per heavy atom. The Bertz CT molecular complexity index is 175. The van der Waals surface area contributed by atoms with Gasteiger partial charge in [0.05, 0.1) is 0 Å². The van der Waals surface area contributed by atoms with Crippen LogP contribution in [0, 0.1) is 5.92 Å². The molecule has 1 atom stereocenters. The van der Waals surface area contributed by atoms with Crippen molar-refractivity contribution in [3.63, 3.8) is 0 Å². The van der Waals surface area contributed by atoms with E-state index in [1.165, 1.54) is 0 Å². The van der Waals surface area contributed by atoms with Gasteiger partial charge in [-0.2, -0.15) is 0 Å². The highest BCUT2D eigenvalue weighted by molar-refractivity contribution is 5.80. The first-order chi connectivity index (χ1) is 6.07. The molecule has 0 saturated heterocycles. The van der Waals surface area contributed by atoms with Gasteiger partial charge in [-0.05, 0) is 32.7 Å². The lowest BCUT2D eigenvalue weighted by Crippen LogP contribution is -2.12. The van der Waals surface area contributed by atoms with Crippen LogP contribution in [0.2, 0.25) is 0 Å². The van der Waals surface area contributed by atoms with Crippen LogP contribution in [0.15, 0.2) is 12.2 Å². The third-order valence-electron chi connectivity index (χ3n) is 2.19. The summed E-state index contributed by atoms with van der Waals surface area (Å²) in [6.45, 7) is 8.39. The second kappa shape index (κ2) is 6.84. The summed E-state index contributed by atoms with van der Waals surface area (Å²) in [4.78, 5) is 11.5. The zero-order valence-corrected chi connectivity index (χ0v) is 8.81. The molecule has 0 saturated carbocycles. The summed E-state index contributed by atoms with van der Waals surface area (Å²) in [5.74, 6) is 0.513. The maximum absolute atomic E-state index is 11.5. The van der Waals surface area contributed by atoms with Crippen LogP contribution < -0.4 is 5.73 Å². The number of ketones is 1. The summed E-state index contributed by atoms with van der Waals surface area (Å²) >= 11 is 0. The number of carbonyl (C=O) groups is 1. The molecule has 0 aromatic carbocycles. The fourth-order valence-corrected chi connectivity index (χ4v) is 1.17. The van der Waals surface area contributed by atoms with Crippen molar-refractivity contribution in [1.29, 1.82) is 0 Å². The SMILES string of the molecule is C=C(C)CCC(=O)C(C)CCCN. The summed E-state index contributed by atoms with van der Waals surface area (Å²) in [6, 6.07) is 0. The van der Waals surface area contributed by atoms with Crippen LogP contribution in [-0.4, -0.2) is 12.3 Å². The van der Waals surface area contributed by atoms with Crippen molar-refractivity contribution >= 4 is 5.78 Å². The molecule has 76 valence electrons. The highest BCUT2D eigenvalue weighted by Gasteiger charge is 2.11. The van der Waals surface area contributed by atoms with E-state index >= 15 is 0 Å². The van der Waals surface area contributed by atoms with Crippen molar-refractivity contribution in [1.82, 2.24) is 0 Å². The monoisotopic (exact) mass is 183 g/mol. The molecule has 0 aliphatic rings. The minimum Gasteiger partial charge on any atom is -0.330 e. The smallest absolute Gasteiger partial charge is 0.136 e. The zero-order chi connectivity index (χ0) is 10.3. The van der Waals surface area contributed by atoms with Gasteiger partial charge in [0, 0.05) is 12.3 Å². The Balaban J connectivity index is 3.63. The first kappa shape index (κ1) is 12.4. The molecule has 1 unspecified atom stereocenters. The maximum atomic E-state index is 11.5. The van der Waals surface area contributed by atoms with Gasteiger partial charge in [0.1, 0.15) is 5.78 Å². The lowest BCUT2D eigenvalue weighted by atomic mass is 9.96. The van der Waals surface area contributed by atoms with Crippen LogP contribution in [-0.2, 0) is 4.79 Å². The second-order valence-corrected chi connectivity index (χ2v) is 3.76. The molecule has 0 radical (unpaired) electrons. The van der Waals surface area contributed by atoms with Crippen molar-refractivity contribution in [3.8, 4) is 0 Å². The van der Waals surface area contributed by atoms with Crippen LogP contribution >= 0.6 is 0 Å². The van der Waals surface area contributed by atoms with E-state index in [1.54, 1.807) is 0 Å². The third-order valence-corrected chi connectivity index (χ3v) is 2.19. The predicted molar refractivity (Wildman–Crippen MR) is 56.5 cm³/mol. The first-order valence-corrected chi connectivity index (χ1v) is 4.95. The molecule has 0 aromatic rings. The molecule has 0 fully saturated rings. The van der Waals surface area contributed by atoms with Gasteiger partial charge in [-0.1, -0.05) is 12.5 Å². The molecule has 2 heteroatoms. The fourth-order valence-electron chi connectivity index (χ4n) is 1.17. The second-order valence-electron chi connectivity index (χ2n) is 3.76. The lowest BCUT2D eigenvalue weighted by molar-refractivity contribution is -0.122. The van der Waals surface area contributed by atoms with E-state index in [1.807, 2.05) is 13.8 Å². The van der Waals surface area contributed by atoms with Gasteiger partial charge in [-0.15, -0.1) is 6.58 Å². The van der Waals surface area contributed by atoms with E-state index in [0.29, 0.717) is 18.7 Å². The highest BCUT2D eigenvalue weighted by atomic mass is 16.1. The van der Waals surface area contributed by atoms with E-state index in [9.17, 15) is 4.79 Å². The molecule has 0 aliphatic heterocycles. The molecule has 0 amide bonds. The quantitative estimate of drug-likeness (QED) is 0.615. The number of carbonyl (C=O) groups excluding carboxylic acids is 1. The van der Waals surface area contributed by atoms with Crippen molar-refractivity contribution < 1.29 is 4.79 Å². The zero-order valence-electron chi connectivity index (χ0n) is 8.81. The Morgan fingerprint density at radius 2 is 2.08 bits per heavy atom. The number of nitrogens with two attached hydrogens (primary N) is 1. The average Bonchev–Trinajstić information content (AvgIpc) is 2.10. The van der Waals surface area contributed by atoms with Crippen LogP contribution in [0.3, 0.4) is 0 Å². The normalized spacial score (nSPS) is 12.5. The average molecular weight is 183 g/mol. The minimum absolute atomic E-state index is 0.169. The standard InChI is InChI=1S/C11H21NO/c1-9(2)6-7-11(13)10(3)5-4-8-12/h10H,1,4-8,12H2,2-3H3. The van der Waals surface area contributed by atoms with E-state index in [-0.39, 0.29) is 5.92 Å². The first-order valence-electron chi connectivity index (χ1n) is 4.95. The van der Waals surface area contributed by atoms with Gasteiger partial charge < -0.3 is 5.73 Å². The lowest BCUT2D eigenvalue weighted by Gasteiger charge is -2.08. The maximum Gasteiger partial charge on any atom is 0.136 e. The number of hydrogen-bond acceptors (Lipinski definition) is 2. The number of hydrogen-bond donors (Lipinski definition) is 1. The number of allylic oxidation sites excluding steroid dienone is 1. The molecule has 0 spiro atoms. The van der Waals surface area contributed by atoms with E-state index in [4.69, 9.17) is 5.73 Å². The molecule has 2 nitrogen and oxygen atoms in total. The number of rotatable bonds is 7. The molecule has 0 heterocycles. The van der Waals surface area contributed by atoms with Gasteiger partial charge in [0.15, 0.2) is 0 Å². The largest absolute Gasteiger partial charge is 0.330 e. The highest BCUT2D eigenvalue weighted by Crippen LogP contribution is 2.11. The molecular formula is C11H21NO. The molecule has 0 bridgehead atoms. The Kier molecular flexibility index (Phi) is 6.51. The summed E-state index contributed by atoms with van der Waals surface area (Å²) < 4.78 is 0. The van der Waals surface area contributed by atoms with Crippen molar-refractivity contribution in [3.05, 3.63) is 12.2 Å². The summed E-state index contributed by atoms with van der Waals surface area (Å²) in [5, 5.41) is 0. The van der Waals surface area contributed by atoms with Crippen molar-refractivity contribution in [2.45, 2.75) is 39.5 Å². The van der Waals surface area contributed by atoms with Gasteiger partial charge in [0.25, 0.3) is 0 Å². The van der Waals surface area contributed by atoms with E-state index in [0.717, 1.165) is 24.8 Å². The minimum atomic E-state index is 0.169. The Hall–Kier alpha value is -0.630. The van der Waals surface area contributed by atoms with Crippen LogP contribution in [0.4, 0.5) is 0 Å². The van der Waals surface area contributed by atoms with Crippen molar-refractivity contribution in [2.75, 3.05) is 6.54 Å². The topological polar surface area (TPSA) is 43.1 Å². The van der Waals surface area contributed by atoms with Crippen LogP contribution in [0.1, 0.15) is 39.5 Å². The van der Waals surface area contributed by atoms with Gasteiger partial charge in [0.2, 0.25) is 0 Å². The molecule has 13 heavy (non-hydrogen) atoms. The number of Topliss-reactive ketones (excluding diaryl/α,β-unsaturated/α-hetero) is 1. The summed E-state index contributed by atoms with van der Waals surface area (Å²) in [7, 11) is 0. The van der Waals surface area contributed by atoms with Gasteiger partial charge in [-0.25, -0.2) is 0 Å². The van der Waals surface area contributed by atoms with Gasteiger partial charge in [-0.3, -0.25) is 4.79 Å². The molecular weight excluding hydrogens is 162 g/mol. The molecule has 0 rings (SSSR count). The molecule has 0 aromatic heterocycles. The van der Waals surface area contributed by atoms with Gasteiger partial charge >= 0.3 is 0 Å². The van der Waals surface area contributed by atoms with E-state index in [2.05, 4.69) is 6.58 Å². The van der Waals surface area contributed by atoms with Crippen LogP contribution in [0.5, 0.6) is 0 Å². The Morgan fingerprint density at radius 3 is 2.54 bits per heavy atom. The summed E-state index contributed by atoms with van der Waals surface area (Å²) in [5.41, 5.74) is 6.46.